The Hall–Kier alpha value is -0.0800. The summed E-state index contributed by atoms with van der Waals surface area (Å²) in [5, 5.41) is 3.48. The third-order valence-electron chi connectivity index (χ3n) is 3.97. The van der Waals surface area contributed by atoms with Crippen LogP contribution >= 0.6 is 0 Å². The number of hydrogen-bond donors (Lipinski definition) is 1. The highest BCUT2D eigenvalue weighted by atomic mass is 15.2. The Balaban J connectivity index is 1.81. The van der Waals surface area contributed by atoms with Gasteiger partial charge in [-0.2, -0.15) is 0 Å². The molecular weight excluding hydrogens is 172 g/mol. The van der Waals surface area contributed by atoms with Crippen molar-refractivity contribution in [1.82, 2.24) is 10.2 Å². The van der Waals surface area contributed by atoms with Gasteiger partial charge in [-0.1, -0.05) is 13.3 Å². The Labute approximate surface area is 88.1 Å². The lowest BCUT2D eigenvalue weighted by Crippen LogP contribution is -2.38. The van der Waals surface area contributed by atoms with Gasteiger partial charge in [-0.05, 0) is 45.2 Å². The molecule has 0 heterocycles. The van der Waals surface area contributed by atoms with E-state index in [1.54, 1.807) is 0 Å². The molecule has 82 valence electrons. The van der Waals surface area contributed by atoms with Gasteiger partial charge >= 0.3 is 0 Å². The van der Waals surface area contributed by atoms with E-state index in [1.807, 2.05) is 0 Å². The van der Waals surface area contributed by atoms with Crippen molar-refractivity contribution in [2.24, 2.45) is 5.92 Å². The molecule has 2 rings (SSSR count). The van der Waals surface area contributed by atoms with Crippen LogP contribution in [0.4, 0.5) is 0 Å². The van der Waals surface area contributed by atoms with Gasteiger partial charge in [0.05, 0.1) is 0 Å². The first kappa shape index (κ1) is 10.4. The van der Waals surface area contributed by atoms with E-state index in [1.165, 1.54) is 45.2 Å². The fourth-order valence-electron chi connectivity index (χ4n) is 2.91. The van der Waals surface area contributed by atoms with Crippen LogP contribution in [0.2, 0.25) is 0 Å². The Kier molecular flexibility index (Phi) is 3.45. The van der Waals surface area contributed by atoms with Gasteiger partial charge in [0.25, 0.3) is 0 Å². The molecule has 0 aromatic heterocycles. The van der Waals surface area contributed by atoms with Crippen molar-refractivity contribution < 1.29 is 0 Å². The molecular formula is C12H24N2. The van der Waals surface area contributed by atoms with E-state index in [9.17, 15) is 0 Å². The molecule has 14 heavy (non-hydrogen) atoms. The molecule has 2 saturated carbocycles. The van der Waals surface area contributed by atoms with Crippen molar-refractivity contribution in [3.63, 3.8) is 0 Å². The monoisotopic (exact) mass is 196 g/mol. The lowest BCUT2D eigenvalue weighted by molar-refractivity contribution is 0.216. The van der Waals surface area contributed by atoms with Crippen LogP contribution in [0.1, 0.15) is 39.0 Å². The molecule has 0 amide bonds. The van der Waals surface area contributed by atoms with Gasteiger partial charge in [-0.15, -0.1) is 0 Å². The molecule has 2 unspecified atom stereocenters. The summed E-state index contributed by atoms with van der Waals surface area (Å²) in [5.41, 5.74) is 0. The molecule has 0 saturated heterocycles. The van der Waals surface area contributed by atoms with E-state index in [0.29, 0.717) is 0 Å². The number of nitrogens with one attached hydrogen (secondary N) is 1. The molecule has 0 aromatic rings. The van der Waals surface area contributed by atoms with Crippen molar-refractivity contribution >= 4 is 0 Å². The summed E-state index contributed by atoms with van der Waals surface area (Å²) < 4.78 is 0. The first-order valence-corrected chi connectivity index (χ1v) is 6.26. The molecule has 2 heteroatoms. The largest absolute Gasteiger partial charge is 0.317 e. The molecule has 0 aliphatic heterocycles. The van der Waals surface area contributed by atoms with E-state index in [0.717, 1.165) is 18.0 Å². The van der Waals surface area contributed by atoms with E-state index >= 15 is 0 Å². The van der Waals surface area contributed by atoms with Crippen LogP contribution in [0.3, 0.4) is 0 Å². The van der Waals surface area contributed by atoms with Gasteiger partial charge < -0.3 is 10.2 Å². The van der Waals surface area contributed by atoms with Gasteiger partial charge in [-0.25, -0.2) is 0 Å². The second-order valence-electron chi connectivity index (χ2n) is 4.90. The number of nitrogens with zero attached hydrogens (tertiary/aromatic N) is 1. The van der Waals surface area contributed by atoms with E-state index in [-0.39, 0.29) is 0 Å². The minimum Gasteiger partial charge on any atom is -0.317 e. The van der Waals surface area contributed by atoms with Crippen molar-refractivity contribution in [2.75, 3.05) is 20.1 Å². The molecule has 0 aromatic carbocycles. The molecule has 1 N–H and O–H groups in total. The summed E-state index contributed by atoms with van der Waals surface area (Å²) in [6, 6.07) is 1.74. The highest BCUT2D eigenvalue weighted by Crippen LogP contribution is 2.31. The zero-order chi connectivity index (χ0) is 9.97. The SMILES string of the molecule is CCN(CC1CCCC1NC)C1CC1. The van der Waals surface area contributed by atoms with Crippen LogP contribution in [0.25, 0.3) is 0 Å². The fourth-order valence-corrected chi connectivity index (χ4v) is 2.91. The Bertz CT molecular complexity index is 177. The zero-order valence-corrected chi connectivity index (χ0v) is 9.63. The summed E-state index contributed by atoms with van der Waals surface area (Å²) >= 11 is 0. The Morgan fingerprint density at radius 1 is 1.21 bits per heavy atom. The van der Waals surface area contributed by atoms with Gasteiger partial charge in [0.1, 0.15) is 0 Å². The van der Waals surface area contributed by atoms with Gasteiger partial charge in [-0.3, -0.25) is 0 Å². The number of hydrogen-bond acceptors (Lipinski definition) is 2. The lowest BCUT2D eigenvalue weighted by atomic mass is 10.0. The van der Waals surface area contributed by atoms with Gasteiger partial charge in [0, 0.05) is 18.6 Å². The molecule has 2 fully saturated rings. The number of rotatable bonds is 5. The topological polar surface area (TPSA) is 15.3 Å². The zero-order valence-electron chi connectivity index (χ0n) is 9.63. The molecule has 0 radical (unpaired) electrons. The molecule has 0 bridgehead atoms. The van der Waals surface area contributed by atoms with Crippen LogP contribution < -0.4 is 5.32 Å². The van der Waals surface area contributed by atoms with Crippen molar-refractivity contribution in [3.05, 3.63) is 0 Å². The highest BCUT2D eigenvalue weighted by molar-refractivity contribution is 4.89. The minimum atomic E-state index is 0.794. The molecule has 2 aliphatic rings. The summed E-state index contributed by atoms with van der Waals surface area (Å²) in [5.74, 6) is 0.917. The highest BCUT2D eigenvalue weighted by Gasteiger charge is 2.33. The smallest absolute Gasteiger partial charge is 0.0104 e. The normalized spacial score (nSPS) is 32.8. The Morgan fingerprint density at radius 3 is 2.57 bits per heavy atom. The maximum atomic E-state index is 3.48. The summed E-state index contributed by atoms with van der Waals surface area (Å²) in [6.45, 7) is 4.89. The third kappa shape index (κ3) is 2.29. The summed E-state index contributed by atoms with van der Waals surface area (Å²) in [4.78, 5) is 2.69. The molecule has 2 nitrogen and oxygen atoms in total. The summed E-state index contributed by atoms with van der Waals surface area (Å²) in [7, 11) is 2.12. The van der Waals surface area contributed by atoms with Crippen molar-refractivity contribution in [2.45, 2.75) is 51.1 Å². The average Bonchev–Trinajstić information content (AvgIpc) is 2.95. The van der Waals surface area contributed by atoms with Crippen LogP contribution in [-0.4, -0.2) is 37.1 Å². The standard InChI is InChI=1S/C12H24N2/c1-3-14(11-7-8-11)9-10-5-4-6-12(10)13-2/h10-13H,3-9H2,1-2H3. The van der Waals surface area contributed by atoms with Crippen LogP contribution in [0.5, 0.6) is 0 Å². The van der Waals surface area contributed by atoms with E-state index in [2.05, 4.69) is 24.2 Å². The average molecular weight is 196 g/mol. The quantitative estimate of drug-likeness (QED) is 0.722. The third-order valence-corrected chi connectivity index (χ3v) is 3.97. The first-order chi connectivity index (χ1) is 6.85. The maximum Gasteiger partial charge on any atom is 0.0104 e. The van der Waals surface area contributed by atoms with Crippen molar-refractivity contribution in [1.29, 1.82) is 0 Å². The van der Waals surface area contributed by atoms with Crippen LogP contribution in [-0.2, 0) is 0 Å². The second kappa shape index (κ2) is 4.63. The van der Waals surface area contributed by atoms with Gasteiger partial charge in [0.15, 0.2) is 0 Å². The fraction of sp³-hybridized carbons (Fsp3) is 1.00. The van der Waals surface area contributed by atoms with E-state index in [4.69, 9.17) is 0 Å². The predicted octanol–water partition coefficient (Wildman–Crippen LogP) is 1.86. The predicted molar refractivity (Wildman–Crippen MR) is 60.5 cm³/mol. The van der Waals surface area contributed by atoms with Crippen LogP contribution in [0, 0.1) is 5.92 Å². The molecule has 0 spiro atoms. The first-order valence-electron chi connectivity index (χ1n) is 6.26. The minimum absolute atomic E-state index is 0.794. The summed E-state index contributed by atoms with van der Waals surface area (Å²) in [6.07, 6.45) is 7.16. The lowest BCUT2D eigenvalue weighted by Gasteiger charge is -2.27. The Morgan fingerprint density at radius 2 is 2.00 bits per heavy atom. The van der Waals surface area contributed by atoms with E-state index < -0.39 is 0 Å². The van der Waals surface area contributed by atoms with Gasteiger partial charge in [0.2, 0.25) is 0 Å². The van der Waals surface area contributed by atoms with Crippen molar-refractivity contribution in [3.8, 4) is 0 Å². The second-order valence-corrected chi connectivity index (χ2v) is 4.90. The molecule has 2 aliphatic carbocycles. The van der Waals surface area contributed by atoms with Crippen LogP contribution in [0.15, 0.2) is 0 Å². The molecule has 2 atom stereocenters. The maximum absolute atomic E-state index is 3.48.